The van der Waals surface area contributed by atoms with Crippen LogP contribution in [0.25, 0.3) is 0 Å². The number of nitrogens with one attached hydrogen (secondary N) is 1. The van der Waals surface area contributed by atoms with Crippen molar-refractivity contribution in [2.75, 3.05) is 10.5 Å². The molecule has 0 amide bonds. The average Bonchev–Trinajstić information content (AvgIpc) is 2.38. The van der Waals surface area contributed by atoms with Gasteiger partial charge in [-0.2, -0.15) is 13.2 Å². The zero-order valence-corrected chi connectivity index (χ0v) is 11.2. The van der Waals surface area contributed by atoms with E-state index < -0.39 is 21.9 Å². The third kappa shape index (κ3) is 3.63. The number of nitrogens with zero attached hydrogens (tertiary/aromatic N) is 1. The molecule has 0 aliphatic rings. The second-order valence-electron chi connectivity index (χ2n) is 4.11. The van der Waals surface area contributed by atoms with Crippen molar-refractivity contribution in [3.63, 3.8) is 0 Å². The first-order valence-electron chi connectivity index (χ1n) is 5.60. The first-order chi connectivity index (χ1) is 9.68. The standard InChI is InChI=1S/C12H10F3N3O2S/c13-12(14,15)11-5-4-9(7-17-11)18-21(19,20)10-3-1-2-8(16)6-10/h1-7,18H,16H2. The topological polar surface area (TPSA) is 85.1 Å². The van der Waals surface area contributed by atoms with Crippen molar-refractivity contribution in [1.29, 1.82) is 0 Å². The van der Waals surface area contributed by atoms with Gasteiger partial charge in [0.25, 0.3) is 10.0 Å². The molecule has 0 saturated heterocycles. The van der Waals surface area contributed by atoms with E-state index >= 15 is 0 Å². The number of anilines is 2. The fourth-order valence-corrected chi connectivity index (χ4v) is 2.62. The SMILES string of the molecule is Nc1cccc(S(=O)(=O)Nc2ccc(C(F)(F)F)nc2)c1. The van der Waals surface area contributed by atoms with Gasteiger partial charge in [-0.05, 0) is 30.3 Å². The fraction of sp³-hybridized carbons (Fsp3) is 0.0833. The molecule has 0 radical (unpaired) electrons. The van der Waals surface area contributed by atoms with Gasteiger partial charge in [0, 0.05) is 5.69 Å². The van der Waals surface area contributed by atoms with Crippen LogP contribution in [0.15, 0.2) is 47.5 Å². The predicted octanol–water partition coefficient (Wildman–Crippen LogP) is 2.48. The molecular weight excluding hydrogens is 307 g/mol. The predicted molar refractivity (Wildman–Crippen MR) is 70.9 cm³/mol. The summed E-state index contributed by atoms with van der Waals surface area (Å²) in [6, 6.07) is 7.19. The van der Waals surface area contributed by atoms with E-state index in [9.17, 15) is 21.6 Å². The minimum Gasteiger partial charge on any atom is -0.399 e. The van der Waals surface area contributed by atoms with Crippen LogP contribution < -0.4 is 10.5 Å². The molecule has 0 saturated carbocycles. The minimum atomic E-state index is -4.58. The Hall–Kier alpha value is -2.29. The van der Waals surface area contributed by atoms with Gasteiger partial charge in [-0.15, -0.1) is 0 Å². The molecular formula is C12H10F3N3O2S. The Bertz CT molecular complexity index is 743. The van der Waals surface area contributed by atoms with E-state index in [1.54, 1.807) is 0 Å². The molecule has 0 spiro atoms. The molecule has 1 heterocycles. The molecule has 0 aliphatic carbocycles. The molecule has 1 aromatic heterocycles. The first kappa shape index (κ1) is 15.1. The number of pyridine rings is 1. The summed E-state index contributed by atoms with van der Waals surface area (Å²) in [4.78, 5) is 3.07. The normalized spacial score (nSPS) is 12.1. The highest BCUT2D eigenvalue weighted by Crippen LogP contribution is 2.28. The summed E-state index contributed by atoms with van der Waals surface area (Å²) in [5, 5.41) is 0. The quantitative estimate of drug-likeness (QED) is 0.852. The number of nitrogens with two attached hydrogens (primary N) is 1. The van der Waals surface area contributed by atoms with Crippen molar-refractivity contribution in [1.82, 2.24) is 4.98 Å². The fourth-order valence-electron chi connectivity index (χ4n) is 1.52. The minimum absolute atomic E-state index is 0.0783. The molecule has 2 aromatic rings. The molecule has 0 aliphatic heterocycles. The van der Waals surface area contributed by atoms with Gasteiger partial charge >= 0.3 is 6.18 Å². The molecule has 1 aromatic carbocycles. The lowest BCUT2D eigenvalue weighted by atomic mass is 10.3. The molecule has 9 heteroatoms. The van der Waals surface area contributed by atoms with Gasteiger partial charge in [0.1, 0.15) is 5.69 Å². The highest BCUT2D eigenvalue weighted by molar-refractivity contribution is 7.92. The van der Waals surface area contributed by atoms with Crippen LogP contribution in [0, 0.1) is 0 Å². The Kier molecular flexibility index (Phi) is 3.77. The van der Waals surface area contributed by atoms with Crippen molar-refractivity contribution in [2.45, 2.75) is 11.1 Å². The van der Waals surface area contributed by atoms with Crippen molar-refractivity contribution in [2.24, 2.45) is 0 Å². The van der Waals surface area contributed by atoms with Gasteiger partial charge < -0.3 is 5.73 Å². The van der Waals surface area contributed by atoms with Gasteiger partial charge in [0.2, 0.25) is 0 Å². The average molecular weight is 317 g/mol. The highest BCUT2D eigenvalue weighted by atomic mass is 32.2. The Morgan fingerprint density at radius 1 is 1.14 bits per heavy atom. The summed E-state index contributed by atoms with van der Waals surface area (Å²) >= 11 is 0. The van der Waals surface area contributed by atoms with E-state index in [2.05, 4.69) is 9.71 Å². The van der Waals surface area contributed by atoms with Gasteiger partial charge in [0.05, 0.1) is 16.8 Å². The number of nitrogen functional groups attached to an aromatic ring is 1. The van der Waals surface area contributed by atoms with Crippen molar-refractivity contribution in [3.8, 4) is 0 Å². The summed E-state index contributed by atoms with van der Waals surface area (Å²) in [6.45, 7) is 0. The van der Waals surface area contributed by atoms with Crippen molar-refractivity contribution < 1.29 is 21.6 Å². The lowest BCUT2D eigenvalue weighted by molar-refractivity contribution is -0.141. The number of aromatic nitrogens is 1. The largest absolute Gasteiger partial charge is 0.433 e. The molecule has 5 nitrogen and oxygen atoms in total. The maximum absolute atomic E-state index is 12.4. The molecule has 21 heavy (non-hydrogen) atoms. The van der Waals surface area contributed by atoms with Crippen LogP contribution in [0.5, 0.6) is 0 Å². The Morgan fingerprint density at radius 3 is 2.38 bits per heavy atom. The smallest absolute Gasteiger partial charge is 0.399 e. The van der Waals surface area contributed by atoms with E-state index in [-0.39, 0.29) is 16.3 Å². The lowest BCUT2D eigenvalue weighted by Crippen LogP contribution is -2.14. The monoisotopic (exact) mass is 317 g/mol. The number of benzene rings is 1. The summed E-state index contributed by atoms with van der Waals surface area (Å²) in [5.74, 6) is 0. The number of hydrogen-bond acceptors (Lipinski definition) is 4. The summed E-state index contributed by atoms with van der Waals surface area (Å²) < 4.78 is 63.2. The van der Waals surface area contributed by atoms with E-state index in [1.807, 2.05) is 0 Å². The zero-order chi connectivity index (χ0) is 15.7. The van der Waals surface area contributed by atoms with Crippen LogP contribution in [0.3, 0.4) is 0 Å². The zero-order valence-electron chi connectivity index (χ0n) is 10.4. The van der Waals surface area contributed by atoms with Gasteiger partial charge in [-0.3, -0.25) is 4.72 Å². The number of sulfonamides is 1. The summed E-state index contributed by atoms with van der Waals surface area (Å²) in [7, 11) is -3.94. The van der Waals surface area contributed by atoms with Crippen LogP contribution in [-0.2, 0) is 16.2 Å². The van der Waals surface area contributed by atoms with E-state index in [4.69, 9.17) is 5.73 Å². The Balaban J connectivity index is 2.25. The van der Waals surface area contributed by atoms with Crippen molar-refractivity contribution in [3.05, 3.63) is 48.3 Å². The third-order valence-electron chi connectivity index (χ3n) is 2.47. The van der Waals surface area contributed by atoms with Crippen LogP contribution in [0.4, 0.5) is 24.5 Å². The second kappa shape index (κ2) is 5.24. The molecule has 0 fully saturated rings. The van der Waals surface area contributed by atoms with Gasteiger partial charge in [0.15, 0.2) is 0 Å². The number of halogens is 3. The van der Waals surface area contributed by atoms with E-state index in [0.29, 0.717) is 6.07 Å². The highest BCUT2D eigenvalue weighted by Gasteiger charge is 2.32. The molecule has 112 valence electrons. The third-order valence-corrected chi connectivity index (χ3v) is 3.85. The molecule has 3 N–H and O–H groups in total. The van der Waals surface area contributed by atoms with Crippen molar-refractivity contribution >= 4 is 21.4 Å². The van der Waals surface area contributed by atoms with Crippen LogP contribution in [0.1, 0.15) is 5.69 Å². The summed E-state index contributed by atoms with van der Waals surface area (Å²) in [5.41, 5.74) is 4.56. The number of rotatable bonds is 3. The van der Waals surface area contributed by atoms with Crippen LogP contribution in [-0.4, -0.2) is 13.4 Å². The van der Waals surface area contributed by atoms with Gasteiger partial charge in [-0.25, -0.2) is 13.4 Å². The van der Waals surface area contributed by atoms with E-state index in [0.717, 1.165) is 12.3 Å². The number of alkyl halides is 3. The van der Waals surface area contributed by atoms with Gasteiger partial charge in [-0.1, -0.05) is 6.07 Å². The van der Waals surface area contributed by atoms with E-state index in [1.165, 1.54) is 24.3 Å². The molecule has 0 atom stereocenters. The molecule has 0 unspecified atom stereocenters. The Labute approximate surface area is 118 Å². The second-order valence-corrected chi connectivity index (χ2v) is 5.79. The first-order valence-corrected chi connectivity index (χ1v) is 7.08. The maximum atomic E-state index is 12.4. The maximum Gasteiger partial charge on any atom is 0.433 e. The lowest BCUT2D eigenvalue weighted by Gasteiger charge is -2.10. The Morgan fingerprint density at radius 2 is 1.86 bits per heavy atom. The number of hydrogen-bond donors (Lipinski definition) is 2. The van der Waals surface area contributed by atoms with Crippen LogP contribution in [0.2, 0.25) is 0 Å². The van der Waals surface area contributed by atoms with Crippen LogP contribution >= 0.6 is 0 Å². The summed E-state index contributed by atoms with van der Waals surface area (Å²) in [6.07, 6.45) is -3.78. The molecule has 0 bridgehead atoms. The molecule has 2 rings (SSSR count).